The van der Waals surface area contributed by atoms with Crippen LogP contribution < -0.4 is 10.6 Å². The van der Waals surface area contributed by atoms with Crippen LogP contribution in [0.3, 0.4) is 0 Å². The van der Waals surface area contributed by atoms with Gasteiger partial charge in [-0.05, 0) is 18.7 Å². The molecule has 0 aliphatic rings. The van der Waals surface area contributed by atoms with Crippen LogP contribution in [-0.4, -0.2) is 24.0 Å². The van der Waals surface area contributed by atoms with Crippen LogP contribution in [0, 0.1) is 0 Å². The van der Waals surface area contributed by atoms with Crippen LogP contribution in [0.2, 0.25) is 0 Å². The van der Waals surface area contributed by atoms with E-state index in [-0.39, 0.29) is 5.91 Å². The van der Waals surface area contributed by atoms with Crippen LogP contribution in [0.1, 0.15) is 13.3 Å². The number of fused-ring (bicyclic) bond motifs is 1. The first-order valence-corrected chi connectivity index (χ1v) is 6.15. The number of para-hydroxylation sites is 1. The van der Waals surface area contributed by atoms with Gasteiger partial charge >= 0.3 is 0 Å². The summed E-state index contributed by atoms with van der Waals surface area (Å²) in [6.45, 7) is 3.60. The molecule has 1 heterocycles. The topological polar surface area (TPSA) is 54.0 Å². The molecule has 0 saturated heterocycles. The number of nitrogens with zero attached hydrogens (tertiary/aromatic N) is 1. The van der Waals surface area contributed by atoms with Crippen LogP contribution in [0.25, 0.3) is 10.9 Å². The molecule has 1 aromatic carbocycles. The number of hydrogen-bond donors (Lipinski definition) is 2. The molecule has 94 valence electrons. The number of rotatable bonds is 5. The molecule has 0 spiro atoms. The fourth-order valence-corrected chi connectivity index (χ4v) is 1.74. The molecule has 2 N–H and O–H groups in total. The lowest BCUT2D eigenvalue weighted by atomic mass is 10.2. The minimum absolute atomic E-state index is 0.00744. The Morgan fingerprint density at radius 1 is 1.33 bits per heavy atom. The second-order valence-corrected chi connectivity index (χ2v) is 4.07. The number of hydrogen-bond acceptors (Lipinski definition) is 3. The van der Waals surface area contributed by atoms with Gasteiger partial charge in [-0.15, -0.1) is 0 Å². The summed E-state index contributed by atoms with van der Waals surface area (Å²) in [5.41, 5.74) is 1.68. The van der Waals surface area contributed by atoms with Gasteiger partial charge in [0.25, 0.3) is 0 Å². The van der Waals surface area contributed by atoms with Crippen molar-refractivity contribution in [1.29, 1.82) is 0 Å². The van der Waals surface area contributed by atoms with E-state index in [0.717, 1.165) is 23.1 Å². The molecule has 18 heavy (non-hydrogen) atoms. The number of aromatic nitrogens is 1. The molecule has 4 nitrogen and oxygen atoms in total. The summed E-state index contributed by atoms with van der Waals surface area (Å²) in [6, 6.07) is 9.78. The normalized spacial score (nSPS) is 10.5. The molecule has 0 atom stereocenters. The van der Waals surface area contributed by atoms with E-state index in [4.69, 9.17) is 0 Å². The Bertz CT molecular complexity index is 539. The largest absolute Gasteiger partial charge is 0.325 e. The predicted octanol–water partition coefficient (Wildman–Crippen LogP) is 2.17. The average Bonchev–Trinajstić information content (AvgIpc) is 2.39. The fraction of sp³-hybridized carbons (Fsp3) is 0.286. The number of amides is 1. The van der Waals surface area contributed by atoms with Crippen LogP contribution in [0.15, 0.2) is 36.5 Å². The van der Waals surface area contributed by atoms with Gasteiger partial charge in [-0.1, -0.05) is 25.1 Å². The third kappa shape index (κ3) is 3.28. The van der Waals surface area contributed by atoms with Crippen molar-refractivity contribution in [3.05, 3.63) is 36.5 Å². The Morgan fingerprint density at radius 2 is 2.17 bits per heavy atom. The van der Waals surface area contributed by atoms with Gasteiger partial charge in [0.15, 0.2) is 0 Å². The summed E-state index contributed by atoms with van der Waals surface area (Å²) in [4.78, 5) is 15.9. The Morgan fingerprint density at radius 3 is 3.00 bits per heavy atom. The highest BCUT2D eigenvalue weighted by atomic mass is 16.1. The molecule has 4 heteroatoms. The van der Waals surface area contributed by atoms with E-state index in [1.54, 1.807) is 6.20 Å². The lowest BCUT2D eigenvalue weighted by molar-refractivity contribution is -0.116. The molecule has 1 amide bonds. The first kappa shape index (κ1) is 12.5. The van der Waals surface area contributed by atoms with Gasteiger partial charge in [0.1, 0.15) is 0 Å². The van der Waals surface area contributed by atoms with Crippen LogP contribution in [0.4, 0.5) is 5.69 Å². The zero-order valence-electron chi connectivity index (χ0n) is 10.4. The Labute approximate surface area is 106 Å². The number of carbonyl (C=O) groups excluding carboxylic acids is 1. The summed E-state index contributed by atoms with van der Waals surface area (Å²) in [7, 11) is 0. The first-order chi connectivity index (χ1) is 8.79. The number of anilines is 1. The molecule has 1 aromatic heterocycles. The summed E-state index contributed by atoms with van der Waals surface area (Å²) < 4.78 is 0. The highest BCUT2D eigenvalue weighted by Gasteiger charge is 2.03. The number of carbonyl (C=O) groups is 1. The minimum atomic E-state index is 0.00744. The van der Waals surface area contributed by atoms with Gasteiger partial charge in [-0.2, -0.15) is 0 Å². The van der Waals surface area contributed by atoms with Gasteiger partial charge in [0.05, 0.1) is 17.4 Å². The number of benzene rings is 1. The summed E-state index contributed by atoms with van der Waals surface area (Å²) >= 11 is 0. The van der Waals surface area contributed by atoms with E-state index < -0.39 is 0 Å². The highest BCUT2D eigenvalue weighted by Crippen LogP contribution is 2.15. The zero-order chi connectivity index (χ0) is 12.8. The van der Waals surface area contributed by atoms with Crippen molar-refractivity contribution in [2.45, 2.75) is 13.3 Å². The molecule has 0 fully saturated rings. The van der Waals surface area contributed by atoms with Crippen molar-refractivity contribution in [2.24, 2.45) is 0 Å². The molecule has 2 rings (SSSR count). The summed E-state index contributed by atoms with van der Waals surface area (Å²) in [5.74, 6) is 0.00744. The second kappa shape index (κ2) is 6.12. The fourth-order valence-electron chi connectivity index (χ4n) is 1.74. The number of pyridine rings is 1. The molecule has 0 radical (unpaired) electrons. The Hall–Kier alpha value is -1.94. The number of nitrogens with one attached hydrogen (secondary N) is 2. The second-order valence-electron chi connectivity index (χ2n) is 4.07. The van der Waals surface area contributed by atoms with Crippen LogP contribution in [0.5, 0.6) is 0 Å². The van der Waals surface area contributed by atoms with Crippen molar-refractivity contribution in [1.82, 2.24) is 10.3 Å². The standard InChI is InChI=1S/C14H17N3O/c1-2-15-8-7-14(18)17-12-9-11-5-3-4-6-13(11)16-10-12/h3-6,9-10,15H,2,7-8H2,1H3,(H,17,18). The molecule has 0 saturated carbocycles. The lowest BCUT2D eigenvalue weighted by Crippen LogP contribution is -2.21. The predicted molar refractivity (Wildman–Crippen MR) is 73.5 cm³/mol. The van der Waals surface area contributed by atoms with E-state index >= 15 is 0 Å². The quantitative estimate of drug-likeness (QED) is 0.791. The Balaban J connectivity index is 2.01. The van der Waals surface area contributed by atoms with E-state index in [0.29, 0.717) is 13.0 Å². The maximum absolute atomic E-state index is 11.6. The van der Waals surface area contributed by atoms with E-state index in [1.165, 1.54) is 0 Å². The molecule has 0 bridgehead atoms. The third-order valence-corrected chi connectivity index (χ3v) is 2.65. The average molecular weight is 243 g/mol. The van der Waals surface area contributed by atoms with E-state index in [2.05, 4.69) is 15.6 Å². The molecule has 0 aliphatic heterocycles. The molecule has 0 aliphatic carbocycles. The molecule has 2 aromatic rings. The molecular weight excluding hydrogens is 226 g/mol. The van der Waals surface area contributed by atoms with Gasteiger partial charge < -0.3 is 10.6 Å². The monoisotopic (exact) mass is 243 g/mol. The summed E-state index contributed by atoms with van der Waals surface area (Å²) in [6.07, 6.45) is 2.16. The maximum Gasteiger partial charge on any atom is 0.225 e. The van der Waals surface area contributed by atoms with Crippen molar-refractivity contribution in [2.75, 3.05) is 18.4 Å². The molecule has 0 unspecified atom stereocenters. The smallest absolute Gasteiger partial charge is 0.225 e. The van der Waals surface area contributed by atoms with Crippen molar-refractivity contribution in [3.63, 3.8) is 0 Å². The van der Waals surface area contributed by atoms with Crippen molar-refractivity contribution < 1.29 is 4.79 Å². The highest BCUT2D eigenvalue weighted by molar-refractivity contribution is 5.93. The Kier molecular flexibility index (Phi) is 4.25. The van der Waals surface area contributed by atoms with E-state index in [1.807, 2.05) is 37.3 Å². The van der Waals surface area contributed by atoms with E-state index in [9.17, 15) is 4.79 Å². The van der Waals surface area contributed by atoms with Gasteiger partial charge in [0, 0.05) is 18.4 Å². The van der Waals surface area contributed by atoms with Crippen molar-refractivity contribution in [3.8, 4) is 0 Å². The third-order valence-electron chi connectivity index (χ3n) is 2.65. The molecular formula is C14H17N3O. The van der Waals surface area contributed by atoms with Crippen LogP contribution in [-0.2, 0) is 4.79 Å². The van der Waals surface area contributed by atoms with Crippen molar-refractivity contribution >= 4 is 22.5 Å². The zero-order valence-corrected chi connectivity index (χ0v) is 10.4. The summed E-state index contributed by atoms with van der Waals surface area (Å²) in [5, 5.41) is 7.00. The van der Waals surface area contributed by atoms with Gasteiger partial charge in [-0.25, -0.2) is 0 Å². The van der Waals surface area contributed by atoms with Gasteiger partial charge in [0.2, 0.25) is 5.91 Å². The minimum Gasteiger partial charge on any atom is -0.325 e. The first-order valence-electron chi connectivity index (χ1n) is 6.15. The SMILES string of the molecule is CCNCCC(=O)Nc1cnc2ccccc2c1. The van der Waals surface area contributed by atoms with Crippen LogP contribution >= 0.6 is 0 Å². The lowest BCUT2D eigenvalue weighted by Gasteiger charge is -2.06. The maximum atomic E-state index is 11.6. The van der Waals surface area contributed by atoms with Gasteiger partial charge in [-0.3, -0.25) is 9.78 Å².